The monoisotopic (exact) mass is 786 g/mol. The number of rotatable bonds is 6. The fraction of sp³-hybridized carbons (Fsp3) is 0.0909. The third-order valence-electron chi connectivity index (χ3n) is 10.4. The van der Waals surface area contributed by atoms with Crippen LogP contribution in [0.25, 0.3) is 77.7 Å². The van der Waals surface area contributed by atoms with Crippen molar-refractivity contribution >= 4 is 78.9 Å². The number of hydrogen-bond acceptors (Lipinski definition) is 2. The Morgan fingerprint density at radius 1 is 0.627 bits per heavy atom. The molecule has 292 valence electrons. The molecule has 1 aliphatic rings. The van der Waals surface area contributed by atoms with Crippen molar-refractivity contribution in [1.29, 1.82) is 0 Å². The molecule has 9 aromatic rings. The molecule has 1 aliphatic carbocycles. The van der Waals surface area contributed by atoms with E-state index in [0.29, 0.717) is 0 Å². The number of benzene rings is 6. The molecule has 0 amide bonds. The van der Waals surface area contributed by atoms with Crippen molar-refractivity contribution in [2.75, 3.05) is 0 Å². The van der Waals surface area contributed by atoms with Crippen molar-refractivity contribution < 1.29 is 4.42 Å². The van der Waals surface area contributed by atoms with Gasteiger partial charge in [0, 0.05) is 49.6 Å². The molecule has 6 aromatic carbocycles. The number of fused-ring (bicyclic) bond motifs is 10. The van der Waals surface area contributed by atoms with E-state index >= 15 is 0 Å². The lowest BCUT2D eigenvalue weighted by atomic mass is 9.90. The molecule has 3 aromatic heterocycles. The Morgan fingerprint density at radius 3 is 1.92 bits per heavy atom. The Balaban J connectivity index is 0.000000330. The van der Waals surface area contributed by atoms with Crippen LogP contribution in [0.1, 0.15) is 44.0 Å². The van der Waals surface area contributed by atoms with Gasteiger partial charge in [0.1, 0.15) is 5.58 Å². The first kappa shape index (κ1) is 40.4. The summed E-state index contributed by atoms with van der Waals surface area (Å²) in [4.78, 5) is 0.781. The summed E-state index contributed by atoms with van der Waals surface area (Å²) in [5, 5.41) is 6.12. The number of para-hydroxylation sites is 4. The lowest BCUT2D eigenvalue weighted by molar-refractivity contribution is 0.670. The van der Waals surface area contributed by atoms with Crippen molar-refractivity contribution in [2.24, 2.45) is 0 Å². The normalized spacial score (nSPS) is 12.1. The first-order valence-corrected chi connectivity index (χ1v) is 20.7. The second-order valence-corrected chi connectivity index (χ2v) is 14.5. The Morgan fingerprint density at radius 2 is 1.24 bits per heavy atom. The zero-order valence-electron chi connectivity index (χ0n) is 34.1. The van der Waals surface area contributed by atoms with Crippen molar-refractivity contribution in [2.45, 2.75) is 33.6 Å². The van der Waals surface area contributed by atoms with E-state index in [2.05, 4.69) is 181 Å². The molecule has 0 saturated carbocycles. The topological polar surface area (TPSA) is 23.0 Å². The van der Waals surface area contributed by atoms with Crippen LogP contribution < -0.4 is 0 Å². The van der Waals surface area contributed by atoms with Crippen molar-refractivity contribution in [3.05, 3.63) is 217 Å². The van der Waals surface area contributed by atoms with Gasteiger partial charge in [-0.1, -0.05) is 149 Å². The highest BCUT2D eigenvalue weighted by Gasteiger charge is 2.25. The van der Waals surface area contributed by atoms with Gasteiger partial charge in [0.05, 0.1) is 16.6 Å². The van der Waals surface area contributed by atoms with Crippen LogP contribution in [0.4, 0.5) is 0 Å². The van der Waals surface area contributed by atoms with Gasteiger partial charge >= 0.3 is 0 Å². The molecule has 0 radical (unpaired) electrons. The van der Waals surface area contributed by atoms with E-state index in [9.17, 15) is 0 Å². The first-order chi connectivity index (χ1) is 29.0. The van der Waals surface area contributed by atoms with Crippen LogP contribution in [0.3, 0.4) is 0 Å². The molecule has 4 heteroatoms. The van der Waals surface area contributed by atoms with Gasteiger partial charge in [0.2, 0.25) is 0 Å². The summed E-state index contributed by atoms with van der Waals surface area (Å²) in [7, 11) is 0. The second-order valence-electron chi connectivity index (χ2n) is 13.9. The lowest BCUT2D eigenvalue weighted by Crippen LogP contribution is -2.05. The second kappa shape index (κ2) is 18.7. The predicted octanol–water partition coefficient (Wildman–Crippen LogP) is 16.1. The van der Waals surface area contributed by atoms with E-state index in [1.165, 1.54) is 61.0 Å². The first-order valence-electron chi connectivity index (χ1n) is 20.3. The number of furan rings is 1. The SMILES string of the molecule is C1=C(c2ccc3c(c2)c2ccccc2n3-c2ccccc2)CCc2c1c1ccc3c4ccccc4oc3c1n2-c1ccccc1.C=C(S)/C=C\C=C/C.C=CC=C.CC. The zero-order valence-corrected chi connectivity index (χ0v) is 35.0. The number of allylic oxidation sites excluding steroid dienone is 7. The molecule has 3 nitrogen and oxygen atoms in total. The summed E-state index contributed by atoms with van der Waals surface area (Å²) in [5.41, 5.74) is 13.2. The van der Waals surface area contributed by atoms with Gasteiger partial charge in [-0.15, -0.1) is 12.6 Å². The molecule has 59 heavy (non-hydrogen) atoms. The van der Waals surface area contributed by atoms with Crippen molar-refractivity contribution in [3.63, 3.8) is 0 Å². The zero-order chi connectivity index (χ0) is 41.3. The molecule has 10 rings (SSSR count). The summed E-state index contributed by atoms with van der Waals surface area (Å²) < 4.78 is 11.4. The number of aromatic nitrogens is 2. The van der Waals surface area contributed by atoms with E-state index in [4.69, 9.17) is 4.42 Å². The maximum Gasteiger partial charge on any atom is 0.160 e. The predicted molar refractivity (Wildman–Crippen MR) is 261 cm³/mol. The largest absolute Gasteiger partial charge is 0.454 e. The highest BCUT2D eigenvalue weighted by Crippen LogP contribution is 2.44. The Bertz CT molecular complexity index is 3020. The Kier molecular flexibility index (Phi) is 12.8. The summed E-state index contributed by atoms with van der Waals surface area (Å²) in [6.07, 6.45) is 15.3. The van der Waals surface area contributed by atoms with Crippen LogP contribution in [-0.4, -0.2) is 9.13 Å². The minimum absolute atomic E-state index is 0.781. The van der Waals surface area contributed by atoms with E-state index in [1.807, 2.05) is 51.1 Å². The van der Waals surface area contributed by atoms with E-state index < -0.39 is 0 Å². The van der Waals surface area contributed by atoms with Crippen LogP contribution in [-0.2, 0) is 6.42 Å². The van der Waals surface area contributed by atoms with Crippen LogP contribution in [0.5, 0.6) is 0 Å². The summed E-state index contributed by atoms with van der Waals surface area (Å²) in [6, 6.07) is 50.1. The maximum absolute atomic E-state index is 6.60. The third kappa shape index (κ3) is 8.05. The molecule has 0 saturated heterocycles. The van der Waals surface area contributed by atoms with E-state index in [1.54, 1.807) is 12.2 Å². The highest BCUT2D eigenvalue weighted by atomic mass is 32.1. The van der Waals surface area contributed by atoms with Gasteiger partial charge in [-0.25, -0.2) is 0 Å². The number of thiol groups is 1. The molecule has 0 atom stereocenters. The van der Waals surface area contributed by atoms with Gasteiger partial charge in [-0.3, -0.25) is 0 Å². The molecule has 0 N–H and O–H groups in total. The Hall–Kier alpha value is -6.75. The maximum atomic E-state index is 6.60. The average molecular weight is 787 g/mol. The summed E-state index contributed by atoms with van der Waals surface area (Å²) in [5.74, 6) is 0. The average Bonchev–Trinajstić information content (AvgIpc) is 3.95. The summed E-state index contributed by atoms with van der Waals surface area (Å²) in [6.45, 7) is 16.3. The highest BCUT2D eigenvalue weighted by molar-refractivity contribution is 7.84. The molecule has 0 aliphatic heterocycles. The number of nitrogens with zero attached hydrogens (tertiary/aromatic N) is 2. The van der Waals surface area contributed by atoms with E-state index in [0.717, 1.165) is 45.2 Å². The Labute approximate surface area is 353 Å². The molecule has 0 spiro atoms. The third-order valence-corrected chi connectivity index (χ3v) is 10.5. The van der Waals surface area contributed by atoms with Crippen LogP contribution in [0.15, 0.2) is 205 Å². The van der Waals surface area contributed by atoms with Crippen LogP contribution in [0, 0.1) is 0 Å². The molecule has 0 bridgehead atoms. The quantitative estimate of drug-likeness (QED) is 0.132. The fourth-order valence-corrected chi connectivity index (χ4v) is 8.01. The fourth-order valence-electron chi connectivity index (χ4n) is 7.93. The molecular weight excluding hydrogens is 737 g/mol. The molecular formula is C55H50N2OS. The minimum atomic E-state index is 0.781. The smallest absolute Gasteiger partial charge is 0.160 e. The van der Waals surface area contributed by atoms with Crippen LogP contribution >= 0.6 is 12.6 Å². The standard InChI is InChI=1S/C42H28N2O.C7H10S.C4H6.C2H6/c1-3-11-29(12-4-1)43-37-17-9-7-15-31(37)35-25-27(19-23-38(35)43)28-20-24-39-36(26-28)33-21-22-34-32-16-8-10-18-40(32)45-42(34)41(33)44(39)30-13-5-2-6-14-30;1-3-4-5-6-7(2)8;1-3-4-2;1-2/h1-19,21-23,25-26H,20,24H2;3-6,8H,2H2,1H3;3-4H,1-2H2;1-2H3/b;4-3-,6-5-;;. The lowest BCUT2D eigenvalue weighted by Gasteiger charge is -2.18. The minimum Gasteiger partial charge on any atom is -0.454 e. The number of hydrogen-bond donors (Lipinski definition) is 1. The van der Waals surface area contributed by atoms with Gasteiger partial charge in [-0.05, 0) is 103 Å². The van der Waals surface area contributed by atoms with Crippen LogP contribution in [0.2, 0.25) is 0 Å². The van der Waals surface area contributed by atoms with Gasteiger partial charge < -0.3 is 13.6 Å². The molecule has 0 unspecified atom stereocenters. The summed E-state index contributed by atoms with van der Waals surface area (Å²) >= 11 is 3.96. The van der Waals surface area contributed by atoms with Crippen molar-refractivity contribution in [1.82, 2.24) is 9.13 Å². The molecule has 3 heterocycles. The van der Waals surface area contributed by atoms with Gasteiger partial charge in [0.15, 0.2) is 5.58 Å². The van der Waals surface area contributed by atoms with E-state index in [-0.39, 0.29) is 0 Å². The van der Waals surface area contributed by atoms with Gasteiger partial charge in [0.25, 0.3) is 0 Å². The van der Waals surface area contributed by atoms with Gasteiger partial charge in [-0.2, -0.15) is 0 Å². The van der Waals surface area contributed by atoms with Crippen molar-refractivity contribution in [3.8, 4) is 11.4 Å². The molecule has 0 fully saturated rings.